The summed E-state index contributed by atoms with van der Waals surface area (Å²) in [4.78, 5) is 21.0. The van der Waals surface area contributed by atoms with Crippen LogP contribution in [0, 0.1) is 21.4 Å². The second kappa shape index (κ2) is 7.26. The topological polar surface area (TPSA) is 105 Å². The van der Waals surface area contributed by atoms with Gasteiger partial charge in [0.15, 0.2) is 5.57 Å². The molecule has 0 spiro atoms. The number of carbonyl (C=O) groups is 1. The Labute approximate surface area is 128 Å². The van der Waals surface area contributed by atoms with E-state index >= 15 is 0 Å². The molecule has 0 heterocycles. The molecule has 0 aliphatic rings. The summed E-state index contributed by atoms with van der Waals surface area (Å²) in [6.45, 7) is 1.49. The maximum absolute atomic E-state index is 12.9. The summed E-state index contributed by atoms with van der Waals surface area (Å²) in [6.07, 6.45) is -4.12. The van der Waals surface area contributed by atoms with Crippen LogP contribution >= 0.6 is 0 Å². The average molecular weight is 329 g/mol. The van der Waals surface area contributed by atoms with Gasteiger partial charge in [-0.15, -0.1) is 0 Å². The van der Waals surface area contributed by atoms with Crippen molar-refractivity contribution in [2.75, 3.05) is 11.9 Å². The first-order valence-corrected chi connectivity index (χ1v) is 6.10. The number of benzene rings is 1. The third-order valence-corrected chi connectivity index (χ3v) is 2.51. The SMILES string of the molecule is CCOC(=O)/C(C#N)=C/Nc1ccc([N+](=O)[O-])cc1C(F)(F)F. The Hall–Kier alpha value is -3.09. The van der Waals surface area contributed by atoms with E-state index in [0.717, 1.165) is 18.3 Å². The monoisotopic (exact) mass is 329 g/mol. The molecule has 0 amide bonds. The largest absolute Gasteiger partial charge is 0.462 e. The maximum atomic E-state index is 12.9. The van der Waals surface area contributed by atoms with Crippen LogP contribution in [0.1, 0.15) is 12.5 Å². The number of nitrogens with zero attached hydrogens (tertiary/aromatic N) is 2. The molecule has 10 heteroatoms. The van der Waals surface area contributed by atoms with Crippen LogP contribution in [0.25, 0.3) is 0 Å². The fourth-order valence-corrected chi connectivity index (χ4v) is 1.50. The molecule has 1 rings (SSSR count). The first-order valence-electron chi connectivity index (χ1n) is 6.10. The molecule has 0 aliphatic carbocycles. The maximum Gasteiger partial charge on any atom is 0.418 e. The summed E-state index contributed by atoms with van der Waals surface area (Å²) in [7, 11) is 0. The fourth-order valence-electron chi connectivity index (χ4n) is 1.50. The number of rotatable bonds is 5. The van der Waals surface area contributed by atoms with E-state index in [9.17, 15) is 28.1 Å². The van der Waals surface area contributed by atoms with E-state index in [4.69, 9.17) is 5.26 Å². The van der Waals surface area contributed by atoms with Crippen LogP contribution in [0.4, 0.5) is 24.5 Å². The van der Waals surface area contributed by atoms with Crippen molar-refractivity contribution in [1.82, 2.24) is 0 Å². The molecule has 1 aromatic carbocycles. The lowest BCUT2D eigenvalue weighted by Crippen LogP contribution is -2.11. The summed E-state index contributed by atoms with van der Waals surface area (Å²) >= 11 is 0. The molecule has 1 N–H and O–H groups in total. The number of nitriles is 1. The molecule has 0 aliphatic heterocycles. The van der Waals surface area contributed by atoms with E-state index in [1.165, 1.54) is 13.0 Å². The molecular formula is C13H10F3N3O4. The van der Waals surface area contributed by atoms with Crippen LogP contribution in [0.5, 0.6) is 0 Å². The van der Waals surface area contributed by atoms with Gasteiger partial charge < -0.3 is 10.1 Å². The second-order valence-electron chi connectivity index (χ2n) is 4.02. The van der Waals surface area contributed by atoms with Crippen LogP contribution in [-0.2, 0) is 15.7 Å². The Morgan fingerprint density at radius 2 is 2.17 bits per heavy atom. The molecule has 1 aromatic rings. The number of esters is 1. The van der Waals surface area contributed by atoms with Gasteiger partial charge in [0.1, 0.15) is 6.07 Å². The van der Waals surface area contributed by atoms with Crippen LogP contribution in [0.3, 0.4) is 0 Å². The van der Waals surface area contributed by atoms with Crippen LogP contribution in [0.2, 0.25) is 0 Å². The normalized spacial score (nSPS) is 11.5. The van der Waals surface area contributed by atoms with Gasteiger partial charge in [0, 0.05) is 18.3 Å². The third kappa shape index (κ3) is 4.70. The molecule has 0 bridgehead atoms. The first kappa shape index (κ1) is 18.0. The highest BCUT2D eigenvalue weighted by molar-refractivity contribution is 5.93. The van der Waals surface area contributed by atoms with E-state index in [1.807, 2.05) is 0 Å². The third-order valence-electron chi connectivity index (χ3n) is 2.51. The van der Waals surface area contributed by atoms with E-state index in [-0.39, 0.29) is 6.61 Å². The minimum atomic E-state index is -4.86. The number of hydrogen-bond donors (Lipinski definition) is 1. The number of hydrogen-bond acceptors (Lipinski definition) is 6. The lowest BCUT2D eigenvalue weighted by atomic mass is 10.1. The summed E-state index contributed by atoms with van der Waals surface area (Å²) in [5.74, 6) is -1.00. The molecule has 0 fully saturated rings. The summed E-state index contributed by atoms with van der Waals surface area (Å²) < 4.78 is 43.4. The lowest BCUT2D eigenvalue weighted by molar-refractivity contribution is -0.385. The lowest BCUT2D eigenvalue weighted by Gasteiger charge is -2.12. The highest BCUT2D eigenvalue weighted by Gasteiger charge is 2.35. The van der Waals surface area contributed by atoms with Gasteiger partial charge in [0.25, 0.3) is 5.69 Å². The van der Waals surface area contributed by atoms with Gasteiger partial charge >= 0.3 is 12.1 Å². The molecule has 23 heavy (non-hydrogen) atoms. The quantitative estimate of drug-likeness (QED) is 0.293. The Morgan fingerprint density at radius 3 is 2.65 bits per heavy atom. The van der Waals surface area contributed by atoms with Gasteiger partial charge in [-0.05, 0) is 13.0 Å². The van der Waals surface area contributed by atoms with Crippen LogP contribution < -0.4 is 5.32 Å². The van der Waals surface area contributed by atoms with E-state index in [2.05, 4.69) is 10.1 Å². The van der Waals surface area contributed by atoms with Crippen molar-refractivity contribution in [3.63, 3.8) is 0 Å². The number of halogens is 3. The van der Waals surface area contributed by atoms with Gasteiger partial charge in [0.2, 0.25) is 0 Å². The van der Waals surface area contributed by atoms with Crippen LogP contribution in [0.15, 0.2) is 30.0 Å². The molecule has 0 saturated carbocycles. The van der Waals surface area contributed by atoms with E-state index < -0.39 is 39.6 Å². The predicted molar refractivity (Wildman–Crippen MR) is 72.1 cm³/mol. The van der Waals surface area contributed by atoms with Crippen molar-refractivity contribution >= 4 is 17.3 Å². The number of non-ortho nitro benzene ring substituents is 1. The zero-order valence-corrected chi connectivity index (χ0v) is 11.7. The second-order valence-corrected chi connectivity index (χ2v) is 4.02. The molecule has 122 valence electrons. The summed E-state index contributed by atoms with van der Waals surface area (Å²) in [5.41, 5.74) is -3.12. The van der Waals surface area contributed by atoms with Gasteiger partial charge in [-0.2, -0.15) is 18.4 Å². The van der Waals surface area contributed by atoms with E-state index in [0.29, 0.717) is 6.07 Å². The molecular weight excluding hydrogens is 319 g/mol. The van der Waals surface area contributed by atoms with Crippen molar-refractivity contribution in [3.8, 4) is 6.07 Å². The van der Waals surface area contributed by atoms with Gasteiger partial charge in [-0.1, -0.05) is 0 Å². The van der Waals surface area contributed by atoms with E-state index in [1.54, 1.807) is 0 Å². The van der Waals surface area contributed by atoms with Gasteiger partial charge in [-0.3, -0.25) is 10.1 Å². The van der Waals surface area contributed by atoms with Crippen molar-refractivity contribution in [3.05, 3.63) is 45.6 Å². The van der Waals surface area contributed by atoms with Crippen molar-refractivity contribution < 1.29 is 27.6 Å². The molecule has 0 atom stereocenters. The Morgan fingerprint density at radius 1 is 1.52 bits per heavy atom. The number of nitro benzene ring substituents is 1. The zero-order valence-electron chi connectivity index (χ0n) is 11.7. The van der Waals surface area contributed by atoms with Crippen LogP contribution in [-0.4, -0.2) is 17.5 Å². The molecule has 0 unspecified atom stereocenters. The molecule has 0 saturated heterocycles. The molecule has 0 radical (unpaired) electrons. The number of nitrogens with one attached hydrogen (secondary N) is 1. The van der Waals surface area contributed by atoms with Gasteiger partial charge in [-0.25, -0.2) is 4.79 Å². The summed E-state index contributed by atoms with van der Waals surface area (Å²) in [6, 6.07) is 3.53. The number of ether oxygens (including phenoxy) is 1. The predicted octanol–water partition coefficient (Wildman–Crippen LogP) is 3.00. The Bertz CT molecular complexity index is 693. The number of alkyl halides is 3. The molecule has 0 aromatic heterocycles. The minimum absolute atomic E-state index is 0.0107. The Kier molecular flexibility index (Phi) is 5.67. The fraction of sp³-hybridized carbons (Fsp3) is 0.231. The first-order chi connectivity index (χ1) is 10.7. The number of anilines is 1. The zero-order chi connectivity index (χ0) is 17.6. The Balaban J connectivity index is 3.20. The van der Waals surface area contributed by atoms with Crippen molar-refractivity contribution in [1.29, 1.82) is 5.26 Å². The average Bonchev–Trinajstić information content (AvgIpc) is 2.47. The summed E-state index contributed by atoms with van der Waals surface area (Å²) in [5, 5.41) is 21.5. The highest BCUT2D eigenvalue weighted by atomic mass is 19.4. The van der Waals surface area contributed by atoms with Crippen molar-refractivity contribution in [2.24, 2.45) is 0 Å². The van der Waals surface area contributed by atoms with Gasteiger partial charge in [0.05, 0.1) is 22.8 Å². The number of nitro groups is 1. The number of carbonyl (C=O) groups excluding carboxylic acids is 1. The highest BCUT2D eigenvalue weighted by Crippen LogP contribution is 2.37. The molecule has 7 nitrogen and oxygen atoms in total. The standard InChI is InChI=1S/C13H10F3N3O4/c1-2-23-12(20)8(6-17)7-18-11-4-3-9(19(21)22)5-10(11)13(14,15)16/h3-5,7,18H,2H2,1H3/b8-7+. The smallest absolute Gasteiger partial charge is 0.418 e. The minimum Gasteiger partial charge on any atom is -0.462 e. The van der Waals surface area contributed by atoms with Crippen molar-refractivity contribution in [2.45, 2.75) is 13.1 Å².